The van der Waals surface area contributed by atoms with Crippen LogP contribution in [0.15, 0.2) is 27.2 Å². The minimum Gasteiger partial charge on any atom is -0.391 e. The molecule has 2 atom stereocenters. The van der Waals surface area contributed by atoms with Gasteiger partial charge in [0.2, 0.25) is 11.7 Å². The lowest BCUT2D eigenvalue weighted by Crippen LogP contribution is -2.15. The number of rotatable bonds is 2. The SMILES string of the molecule is Cc1ccc(-c2noc(C3CSCC3O)n2)c(Br)c1. The Balaban J connectivity index is 1.92. The quantitative estimate of drug-likeness (QED) is 0.910. The molecular formula is C13H13BrN2O2S. The molecule has 19 heavy (non-hydrogen) atoms. The lowest BCUT2D eigenvalue weighted by atomic mass is 10.1. The number of hydrogen-bond donors (Lipinski definition) is 1. The fourth-order valence-corrected chi connectivity index (χ4v) is 3.97. The molecular weight excluding hydrogens is 328 g/mol. The summed E-state index contributed by atoms with van der Waals surface area (Å²) in [5.74, 6) is 2.61. The van der Waals surface area contributed by atoms with Gasteiger partial charge in [0.25, 0.3) is 0 Å². The highest BCUT2D eigenvalue weighted by atomic mass is 79.9. The fourth-order valence-electron chi connectivity index (χ4n) is 2.08. The number of halogens is 1. The van der Waals surface area contributed by atoms with Crippen LogP contribution in [0.25, 0.3) is 11.4 Å². The molecule has 2 unspecified atom stereocenters. The lowest BCUT2D eigenvalue weighted by Gasteiger charge is -2.06. The molecule has 1 aliphatic rings. The van der Waals surface area contributed by atoms with Crippen molar-refractivity contribution in [3.05, 3.63) is 34.1 Å². The first kappa shape index (κ1) is 13.1. The number of hydrogen-bond acceptors (Lipinski definition) is 5. The van der Waals surface area contributed by atoms with Gasteiger partial charge in [-0.25, -0.2) is 0 Å². The van der Waals surface area contributed by atoms with Crippen LogP contribution in [0.4, 0.5) is 0 Å². The number of aryl methyl sites for hydroxylation is 1. The van der Waals surface area contributed by atoms with Crippen molar-refractivity contribution in [3.63, 3.8) is 0 Å². The van der Waals surface area contributed by atoms with Crippen LogP contribution in [-0.4, -0.2) is 32.9 Å². The van der Waals surface area contributed by atoms with Crippen LogP contribution < -0.4 is 0 Å². The van der Waals surface area contributed by atoms with Gasteiger partial charge >= 0.3 is 0 Å². The van der Waals surface area contributed by atoms with E-state index in [4.69, 9.17) is 4.52 Å². The highest BCUT2D eigenvalue weighted by molar-refractivity contribution is 9.10. The molecule has 1 aliphatic heterocycles. The van der Waals surface area contributed by atoms with E-state index < -0.39 is 0 Å². The Hall–Kier alpha value is -0.850. The van der Waals surface area contributed by atoms with Crippen molar-refractivity contribution in [2.24, 2.45) is 0 Å². The van der Waals surface area contributed by atoms with E-state index >= 15 is 0 Å². The highest BCUT2D eigenvalue weighted by Gasteiger charge is 2.32. The molecule has 1 aromatic heterocycles. The molecule has 0 radical (unpaired) electrons. The van der Waals surface area contributed by atoms with Crippen LogP contribution >= 0.6 is 27.7 Å². The first-order valence-electron chi connectivity index (χ1n) is 6.01. The van der Waals surface area contributed by atoms with Gasteiger partial charge in [-0.05, 0) is 24.6 Å². The highest BCUT2D eigenvalue weighted by Crippen LogP contribution is 2.34. The van der Waals surface area contributed by atoms with Gasteiger partial charge in [-0.15, -0.1) is 0 Å². The molecule has 2 aromatic rings. The smallest absolute Gasteiger partial charge is 0.233 e. The summed E-state index contributed by atoms with van der Waals surface area (Å²) in [6.45, 7) is 2.03. The van der Waals surface area contributed by atoms with Crippen molar-refractivity contribution >= 4 is 27.7 Å². The molecule has 2 heterocycles. The second-order valence-corrected chi connectivity index (χ2v) is 6.58. The van der Waals surface area contributed by atoms with E-state index in [0.717, 1.165) is 21.5 Å². The van der Waals surface area contributed by atoms with E-state index in [1.165, 1.54) is 5.56 Å². The van der Waals surface area contributed by atoms with E-state index in [0.29, 0.717) is 11.7 Å². The molecule has 1 saturated heterocycles. The van der Waals surface area contributed by atoms with Crippen molar-refractivity contribution in [3.8, 4) is 11.4 Å². The predicted octanol–water partition coefficient (Wildman–Crippen LogP) is 3.00. The van der Waals surface area contributed by atoms with E-state index in [2.05, 4.69) is 26.1 Å². The van der Waals surface area contributed by atoms with Crippen LogP contribution in [-0.2, 0) is 0 Å². The first-order chi connectivity index (χ1) is 9.15. The topological polar surface area (TPSA) is 59.2 Å². The van der Waals surface area contributed by atoms with Gasteiger partial charge in [0.1, 0.15) is 0 Å². The van der Waals surface area contributed by atoms with Crippen molar-refractivity contribution in [2.75, 3.05) is 11.5 Å². The summed E-state index contributed by atoms with van der Waals surface area (Å²) < 4.78 is 6.25. The third-order valence-electron chi connectivity index (χ3n) is 3.17. The summed E-state index contributed by atoms with van der Waals surface area (Å²) in [5, 5.41) is 13.9. The summed E-state index contributed by atoms with van der Waals surface area (Å²) in [6, 6.07) is 6.00. The van der Waals surface area contributed by atoms with Crippen LogP contribution in [0.2, 0.25) is 0 Å². The Morgan fingerprint density at radius 2 is 2.26 bits per heavy atom. The molecule has 6 heteroatoms. The van der Waals surface area contributed by atoms with Gasteiger partial charge in [0.15, 0.2) is 0 Å². The Morgan fingerprint density at radius 3 is 2.95 bits per heavy atom. The van der Waals surface area contributed by atoms with Crippen LogP contribution in [0.5, 0.6) is 0 Å². The van der Waals surface area contributed by atoms with Crippen molar-refractivity contribution in [2.45, 2.75) is 18.9 Å². The van der Waals surface area contributed by atoms with E-state index in [9.17, 15) is 5.11 Å². The Morgan fingerprint density at radius 1 is 1.42 bits per heavy atom. The molecule has 1 N–H and O–H groups in total. The molecule has 0 aliphatic carbocycles. The third kappa shape index (κ3) is 2.57. The Kier molecular flexibility index (Phi) is 3.64. The average Bonchev–Trinajstić information content (AvgIpc) is 2.97. The molecule has 0 bridgehead atoms. The summed E-state index contributed by atoms with van der Waals surface area (Å²) in [5.41, 5.74) is 2.07. The van der Waals surface area contributed by atoms with E-state index in [-0.39, 0.29) is 12.0 Å². The zero-order valence-corrected chi connectivity index (χ0v) is 12.7. The largest absolute Gasteiger partial charge is 0.391 e. The van der Waals surface area contributed by atoms with E-state index in [1.54, 1.807) is 11.8 Å². The lowest BCUT2D eigenvalue weighted by molar-refractivity contribution is 0.164. The molecule has 1 fully saturated rings. The number of benzene rings is 1. The van der Waals surface area contributed by atoms with Gasteiger partial charge in [-0.2, -0.15) is 16.7 Å². The second kappa shape index (κ2) is 5.26. The molecule has 0 spiro atoms. The summed E-state index contributed by atoms with van der Waals surface area (Å²) in [6.07, 6.45) is -0.389. The molecule has 3 rings (SSSR count). The zero-order valence-electron chi connectivity index (χ0n) is 10.3. The average molecular weight is 341 g/mol. The van der Waals surface area contributed by atoms with Gasteiger partial charge in [0.05, 0.1) is 12.0 Å². The fraction of sp³-hybridized carbons (Fsp3) is 0.385. The predicted molar refractivity (Wildman–Crippen MR) is 78.2 cm³/mol. The van der Waals surface area contributed by atoms with Crippen LogP contribution in [0.1, 0.15) is 17.4 Å². The zero-order chi connectivity index (χ0) is 13.4. The summed E-state index contributed by atoms with van der Waals surface area (Å²) in [4.78, 5) is 4.42. The second-order valence-electron chi connectivity index (χ2n) is 4.65. The maximum atomic E-state index is 9.86. The summed E-state index contributed by atoms with van der Waals surface area (Å²) in [7, 11) is 0. The van der Waals surface area contributed by atoms with Crippen LogP contribution in [0.3, 0.4) is 0 Å². The van der Waals surface area contributed by atoms with Crippen LogP contribution in [0, 0.1) is 6.92 Å². The molecule has 0 saturated carbocycles. The molecule has 1 aromatic carbocycles. The normalized spacial score (nSPS) is 22.9. The van der Waals surface area contributed by atoms with Crippen molar-refractivity contribution in [1.29, 1.82) is 0 Å². The van der Waals surface area contributed by atoms with E-state index in [1.807, 2.05) is 25.1 Å². The maximum Gasteiger partial charge on any atom is 0.233 e. The van der Waals surface area contributed by atoms with Crippen molar-refractivity contribution < 1.29 is 9.63 Å². The standard InChI is InChI=1S/C13H13BrN2O2S/c1-7-2-3-8(10(14)4-7)12-15-13(18-16-12)9-5-19-6-11(9)17/h2-4,9,11,17H,5-6H2,1H3. The van der Waals surface area contributed by atoms with Gasteiger partial charge < -0.3 is 9.63 Å². The monoisotopic (exact) mass is 340 g/mol. The van der Waals surface area contributed by atoms with Gasteiger partial charge in [0, 0.05) is 21.5 Å². The third-order valence-corrected chi connectivity index (χ3v) is 5.00. The number of aromatic nitrogens is 2. The van der Waals surface area contributed by atoms with Gasteiger partial charge in [-0.1, -0.05) is 27.2 Å². The first-order valence-corrected chi connectivity index (χ1v) is 7.96. The summed E-state index contributed by atoms with van der Waals surface area (Å²) >= 11 is 5.22. The number of aliphatic hydroxyl groups excluding tert-OH is 1. The Bertz CT molecular complexity index is 602. The van der Waals surface area contributed by atoms with Crippen molar-refractivity contribution in [1.82, 2.24) is 10.1 Å². The molecule has 0 amide bonds. The Labute approximate surface area is 123 Å². The number of nitrogens with zero attached hydrogens (tertiary/aromatic N) is 2. The minimum absolute atomic E-state index is 0.0459. The molecule has 4 nitrogen and oxygen atoms in total. The number of thioether (sulfide) groups is 1. The minimum atomic E-state index is -0.389. The molecule has 100 valence electrons. The number of aliphatic hydroxyl groups is 1. The maximum absolute atomic E-state index is 9.86. The van der Waals surface area contributed by atoms with Gasteiger partial charge in [-0.3, -0.25) is 0 Å².